The fourth-order valence-electron chi connectivity index (χ4n) is 3.73. The number of hydrogen-bond acceptors (Lipinski definition) is 7. The largest absolute Gasteiger partial charge is 0.393 e. The van der Waals surface area contributed by atoms with Gasteiger partial charge < -0.3 is 25.0 Å². The lowest BCUT2D eigenvalue weighted by atomic mass is 9.88. The van der Waals surface area contributed by atoms with Gasteiger partial charge in [-0.05, 0) is 0 Å². The SMILES string of the molecule is O[C@@H]1C[C@@]2(O)[C@@H](O)[C@@H]1[C@@H](n1cnc3c(Cl)ncnc31)[C@@H]2O. The van der Waals surface area contributed by atoms with Crippen LogP contribution in [-0.4, -0.2) is 63.9 Å². The second-order valence-corrected chi connectivity index (χ2v) is 6.07. The summed E-state index contributed by atoms with van der Waals surface area (Å²) in [4.78, 5) is 12.0. The Kier molecular flexibility index (Phi) is 2.61. The summed E-state index contributed by atoms with van der Waals surface area (Å²) in [6.07, 6.45) is -0.714. The summed E-state index contributed by atoms with van der Waals surface area (Å²) >= 11 is 5.94. The molecule has 112 valence electrons. The zero-order chi connectivity index (χ0) is 14.9. The van der Waals surface area contributed by atoms with E-state index < -0.39 is 35.9 Å². The van der Waals surface area contributed by atoms with Crippen LogP contribution in [0.25, 0.3) is 11.2 Å². The fourth-order valence-corrected chi connectivity index (χ4v) is 3.91. The van der Waals surface area contributed by atoms with Crippen LogP contribution in [0.4, 0.5) is 0 Å². The summed E-state index contributed by atoms with van der Waals surface area (Å²) in [7, 11) is 0. The molecule has 9 heteroatoms. The molecule has 0 saturated heterocycles. The molecule has 4 N–H and O–H groups in total. The van der Waals surface area contributed by atoms with E-state index >= 15 is 0 Å². The second-order valence-electron chi connectivity index (χ2n) is 5.71. The van der Waals surface area contributed by atoms with Gasteiger partial charge in [0.2, 0.25) is 0 Å². The topological polar surface area (TPSA) is 125 Å². The predicted molar refractivity (Wildman–Crippen MR) is 70.4 cm³/mol. The van der Waals surface area contributed by atoms with Crippen LogP contribution in [-0.2, 0) is 0 Å². The Morgan fingerprint density at radius 3 is 2.67 bits per heavy atom. The molecule has 0 aliphatic heterocycles. The van der Waals surface area contributed by atoms with Crippen molar-refractivity contribution in [2.24, 2.45) is 5.92 Å². The number of aliphatic hydroxyl groups is 4. The highest BCUT2D eigenvalue weighted by Gasteiger charge is 2.68. The molecule has 2 saturated carbocycles. The Labute approximate surface area is 123 Å². The number of fused-ring (bicyclic) bond motifs is 3. The molecule has 0 unspecified atom stereocenters. The van der Waals surface area contributed by atoms with Crippen molar-refractivity contribution in [1.82, 2.24) is 19.5 Å². The maximum absolute atomic E-state index is 10.4. The van der Waals surface area contributed by atoms with Crippen LogP contribution >= 0.6 is 11.6 Å². The predicted octanol–water partition coefficient (Wildman–Crippen LogP) is -1.13. The number of rotatable bonds is 1. The Hall–Kier alpha value is -1.32. The van der Waals surface area contributed by atoms with E-state index in [1.165, 1.54) is 17.2 Å². The lowest BCUT2D eigenvalue weighted by Crippen LogP contribution is -2.48. The summed E-state index contributed by atoms with van der Waals surface area (Å²) in [5.74, 6) is -0.698. The van der Waals surface area contributed by atoms with Crippen LogP contribution in [0.15, 0.2) is 12.7 Å². The number of aromatic nitrogens is 4. The molecule has 21 heavy (non-hydrogen) atoms. The average molecular weight is 313 g/mol. The zero-order valence-corrected chi connectivity index (χ0v) is 11.5. The van der Waals surface area contributed by atoms with Crippen LogP contribution in [0.1, 0.15) is 12.5 Å². The van der Waals surface area contributed by atoms with Gasteiger partial charge in [-0.1, -0.05) is 11.6 Å². The molecule has 2 aromatic rings. The summed E-state index contributed by atoms with van der Waals surface area (Å²) < 4.78 is 1.53. The monoisotopic (exact) mass is 312 g/mol. The highest BCUT2D eigenvalue weighted by Crippen LogP contribution is 2.54. The van der Waals surface area contributed by atoms with Gasteiger partial charge in [-0.25, -0.2) is 15.0 Å². The maximum atomic E-state index is 10.4. The van der Waals surface area contributed by atoms with Crippen molar-refractivity contribution in [3.63, 3.8) is 0 Å². The van der Waals surface area contributed by atoms with Crippen molar-refractivity contribution in [2.75, 3.05) is 0 Å². The van der Waals surface area contributed by atoms with Gasteiger partial charge in [0, 0.05) is 12.3 Å². The second kappa shape index (κ2) is 4.11. The third-order valence-electron chi connectivity index (χ3n) is 4.72. The minimum atomic E-state index is -1.72. The van der Waals surface area contributed by atoms with Crippen molar-refractivity contribution >= 4 is 22.8 Å². The highest BCUT2D eigenvalue weighted by atomic mass is 35.5. The van der Waals surface area contributed by atoms with Crippen molar-refractivity contribution in [3.05, 3.63) is 17.8 Å². The van der Waals surface area contributed by atoms with Crippen molar-refractivity contribution in [1.29, 1.82) is 0 Å². The van der Waals surface area contributed by atoms with Crippen LogP contribution in [0, 0.1) is 5.92 Å². The van der Waals surface area contributed by atoms with Crippen LogP contribution in [0.2, 0.25) is 5.15 Å². The quantitative estimate of drug-likeness (QED) is 0.491. The van der Waals surface area contributed by atoms with Crippen LogP contribution in [0.5, 0.6) is 0 Å². The number of imidazole rings is 1. The molecule has 8 nitrogen and oxygen atoms in total. The molecule has 2 fully saturated rings. The molecule has 0 amide bonds. The molecule has 2 aromatic heterocycles. The molecule has 0 aromatic carbocycles. The average Bonchev–Trinajstić information content (AvgIpc) is 3.00. The van der Waals surface area contributed by atoms with Gasteiger partial charge in [-0.3, -0.25) is 0 Å². The maximum Gasteiger partial charge on any atom is 0.165 e. The third kappa shape index (κ3) is 1.51. The van der Waals surface area contributed by atoms with Gasteiger partial charge in [0.1, 0.15) is 23.5 Å². The highest BCUT2D eigenvalue weighted by molar-refractivity contribution is 6.33. The van der Waals surface area contributed by atoms with E-state index in [1.807, 2.05) is 0 Å². The smallest absolute Gasteiger partial charge is 0.165 e. The third-order valence-corrected chi connectivity index (χ3v) is 5.00. The van der Waals surface area contributed by atoms with E-state index in [9.17, 15) is 20.4 Å². The Morgan fingerprint density at radius 2 is 1.95 bits per heavy atom. The summed E-state index contributed by atoms with van der Waals surface area (Å²) in [5, 5.41) is 41.2. The first kappa shape index (κ1) is 13.4. The first-order valence-corrected chi connectivity index (χ1v) is 6.92. The van der Waals surface area contributed by atoms with E-state index in [0.717, 1.165) is 0 Å². The lowest BCUT2D eigenvalue weighted by molar-refractivity contribution is -0.120. The van der Waals surface area contributed by atoms with Crippen molar-refractivity contribution < 1.29 is 20.4 Å². The Bertz CT molecular complexity index is 724. The number of halogens is 1. The molecule has 2 aliphatic carbocycles. The zero-order valence-electron chi connectivity index (χ0n) is 10.7. The minimum Gasteiger partial charge on any atom is -0.393 e. The summed E-state index contributed by atoms with van der Waals surface area (Å²) in [6.45, 7) is 0. The normalized spacial score (nSPS) is 42.0. The van der Waals surface area contributed by atoms with Gasteiger partial charge in [0.15, 0.2) is 10.8 Å². The Morgan fingerprint density at radius 1 is 1.19 bits per heavy atom. The first-order valence-electron chi connectivity index (χ1n) is 6.55. The molecule has 2 aliphatic rings. The van der Waals surface area contributed by atoms with E-state index in [-0.39, 0.29) is 11.6 Å². The number of hydrogen-bond donors (Lipinski definition) is 4. The summed E-state index contributed by atoms with van der Waals surface area (Å²) in [6, 6.07) is -0.732. The van der Waals surface area contributed by atoms with Gasteiger partial charge in [-0.2, -0.15) is 0 Å². The summed E-state index contributed by atoms with van der Waals surface area (Å²) in [5.41, 5.74) is -0.970. The van der Waals surface area contributed by atoms with E-state index in [4.69, 9.17) is 11.6 Å². The van der Waals surface area contributed by atoms with E-state index in [1.54, 1.807) is 0 Å². The minimum absolute atomic E-state index is 0.0567. The van der Waals surface area contributed by atoms with E-state index in [0.29, 0.717) is 11.2 Å². The van der Waals surface area contributed by atoms with Crippen molar-refractivity contribution in [2.45, 2.75) is 36.4 Å². The van der Waals surface area contributed by atoms with Gasteiger partial charge >= 0.3 is 0 Å². The number of aliphatic hydroxyl groups excluding tert-OH is 3. The lowest BCUT2D eigenvalue weighted by Gasteiger charge is -2.34. The van der Waals surface area contributed by atoms with Crippen LogP contribution in [0.3, 0.4) is 0 Å². The fraction of sp³-hybridized carbons (Fsp3) is 0.583. The number of nitrogens with zero attached hydrogens (tertiary/aromatic N) is 4. The van der Waals surface area contributed by atoms with Gasteiger partial charge in [0.05, 0.1) is 24.6 Å². The van der Waals surface area contributed by atoms with Gasteiger partial charge in [0.25, 0.3) is 0 Å². The van der Waals surface area contributed by atoms with Gasteiger partial charge in [-0.15, -0.1) is 0 Å². The first-order chi connectivity index (χ1) is 9.95. The molecule has 2 bridgehead atoms. The molecular formula is C12H13ClN4O4. The molecule has 4 rings (SSSR count). The Balaban J connectivity index is 1.88. The standard InChI is InChI=1S/C12H13ClN4O4/c13-10-6-11(15-2-14-10)17(3-16-6)7-5-4(18)1-12(21,8(5)19)9(7)20/h2-5,7-9,18-21H,1H2/t4-,5+,7-,8+,9+,12-/m1/s1. The van der Waals surface area contributed by atoms with E-state index in [2.05, 4.69) is 15.0 Å². The van der Waals surface area contributed by atoms with Crippen LogP contribution < -0.4 is 0 Å². The molecular weight excluding hydrogens is 300 g/mol. The molecule has 0 radical (unpaired) electrons. The molecule has 2 heterocycles. The van der Waals surface area contributed by atoms with Crippen molar-refractivity contribution in [3.8, 4) is 0 Å². The molecule has 0 spiro atoms. The molecule has 6 atom stereocenters.